The number of amides is 1. The molecule has 4 nitrogen and oxygen atoms in total. The summed E-state index contributed by atoms with van der Waals surface area (Å²) in [7, 11) is 0. The average Bonchev–Trinajstić information content (AvgIpc) is 2.59. The summed E-state index contributed by atoms with van der Waals surface area (Å²) in [6, 6.07) is 4.34. The topological polar surface area (TPSA) is 62.2 Å². The van der Waals surface area contributed by atoms with Crippen molar-refractivity contribution in [3.8, 4) is 0 Å². The Balaban J connectivity index is 1.73. The number of alkyl halides is 2. The van der Waals surface area contributed by atoms with Crippen LogP contribution in [0, 0.1) is 5.92 Å². The van der Waals surface area contributed by atoms with Crippen LogP contribution in [0.15, 0.2) is 24.4 Å². The largest absolute Gasteiger partial charge is 0.390 e. The lowest BCUT2D eigenvalue weighted by atomic mass is 9.77. The summed E-state index contributed by atoms with van der Waals surface area (Å²) in [4.78, 5) is 16.8. The first-order chi connectivity index (χ1) is 12.9. The molecule has 1 heterocycles. The molecule has 28 heavy (non-hydrogen) atoms. The predicted octanol–water partition coefficient (Wildman–Crippen LogP) is 5.06. The van der Waals surface area contributed by atoms with E-state index in [2.05, 4.69) is 10.3 Å². The first-order valence-electron chi connectivity index (χ1n) is 9.46. The lowest BCUT2D eigenvalue weighted by Crippen LogP contribution is -2.41. The molecule has 0 spiro atoms. The summed E-state index contributed by atoms with van der Waals surface area (Å²) in [5, 5.41) is 13.6. The average molecular weight is 411 g/mol. The molecule has 1 aliphatic rings. The van der Waals surface area contributed by atoms with Crippen molar-refractivity contribution in [2.75, 3.05) is 0 Å². The normalized spacial score (nSPS) is 21.0. The van der Waals surface area contributed by atoms with Crippen molar-refractivity contribution in [3.05, 3.63) is 40.5 Å². The Morgan fingerprint density at radius 3 is 2.39 bits per heavy atom. The van der Waals surface area contributed by atoms with Crippen LogP contribution >= 0.6 is 11.6 Å². The number of hydrogen-bond acceptors (Lipinski definition) is 3. The number of nitrogens with zero attached hydrogens (tertiary/aromatic N) is 1. The number of nitrogens with one attached hydrogen (secondary N) is 1. The molecular weight excluding hydrogens is 386 g/mol. The van der Waals surface area contributed by atoms with E-state index in [1.165, 1.54) is 18.3 Å². The van der Waals surface area contributed by atoms with E-state index in [0.717, 1.165) is 32.6 Å². The predicted molar refractivity (Wildman–Crippen MR) is 106 cm³/mol. The Bertz CT molecular complexity index is 882. The fourth-order valence-electron chi connectivity index (χ4n) is 3.82. The molecular formula is C21H25ClF2N2O2. The second kappa shape index (κ2) is 7.56. The number of carbonyl (C=O) groups excluding carboxylic acids is 1. The Labute approximate surface area is 168 Å². The maximum absolute atomic E-state index is 13.6. The number of rotatable bonds is 4. The zero-order chi connectivity index (χ0) is 20.7. The van der Waals surface area contributed by atoms with Gasteiger partial charge in [0.15, 0.2) is 0 Å². The van der Waals surface area contributed by atoms with E-state index in [0.29, 0.717) is 16.5 Å². The van der Waals surface area contributed by atoms with Gasteiger partial charge in [-0.05, 0) is 63.6 Å². The molecule has 1 aromatic carbocycles. The molecule has 1 aliphatic carbocycles. The fraction of sp³-hybridized carbons (Fsp3) is 0.524. The Kier molecular flexibility index (Phi) is 5.65. The molecule has 2 aromatic rings. The van der Waals surface area contributed by atoms with E-state index >= 15 is 0 Å². The van der Waals surface area contributed by atoms with E-state index in [-0.39, 0.29) is 28.5 Å². The third-order valence-electron chi connectivity index (χ3n) is 5.57. The SMILES string of the molecule is CC(F)(F)c1cc2ncc(C(=O)N[C@H]3CC[C@H](C(C)(C)O)CC3)cc2cc1Cl. The zero-order valence-corrected chi connectivity index (χ0v) is 17.0. The number of aliphatic hydroxyl groups is 1. The maximum Gasteiger partial charge on any atom is 0.272 e. The van der Waals surface area contributed by atoms with Crippen molar-refractivity contribution in [2.24, 2.45) is 5.92 Å². The molecule has 1 fully saturated rings. The third kappa shape index (κ3) is 4.61. The second-order valence-electron chi connectivity index (χ2n) is 8.31. The van der Waals surface area contributed by atoms with Gasteiger partial charge in [0.25, 0.3) is 11.8 Å². The standard InChI is InChI=1S/C21H25ClF2N2O2/c1-20(2,28)14-4-6-15(7-5-14)26-19(27)13-8-12-9-17(22)16(21(3,23)24)10-18(12)25-11-13/h8-11,14-15,28H,4-7H2,1-3H3,(H,26,27)/t14-,15-. The van der Waals surface area contributed by atoms with Crippen molar-refractivity contribution >= 4 is 28.4 Å². The van der Waals surface area contributed by atoms with Gasteiger partial charge in [0.1, 0.15) is 0 Å². The van der Waals surface area contributed by atoms with Crippen LogP contribution < -0.4 is 5.32 Å². The second-order valence-corrected chi connectivity index (χ2v) is 8.72. The zero-order valence-electron chi connectivity index (χ0n) is 16.2. The highest BCUT2D eigenvalue weighted by molar-refractivity contribution is 6.32. The number of aromatic nitrogens is 1. The molecule has 0 aliphatic heterocycles. The van der Waals surface area contributed by atoms with Gasteiger partial charge in [-0.1, -0.05) is 11.6 Å². The molecule has 0 saturated heterocycles. The number of benzene rings is 1. The number of pyridine rings is 1. The number of fused-ring (bicyclic) bond motifs is 1. The highest BCUT2D eigenvalue weighted by Gasteiger charge is 2.32. The summed E-state index contributed by atoms with van der Waals surface area (Å²) in [5.41, 5.74) is -0.257. The number of halogens is 3. The molecule has 152 valence electrons. The van der Waals surface area contributed by atoms with Crippen LogP contribution in [0.25, 0.3) is 10.9 Å². The van der Waals surface area contributed by atoms with Crippen molar-refractivity contribution in [3.63, 3.8) is 0 Å². The molecule has 0 radical (unpaired) electrons. The molecule has 1 saturated carbocycles. The summed E-state index contributed by atoms with van der Waals surface area (Å²) in [6.45, 7) is 4.43. The van der Waals surface area contributed by atoms with Gasteiger partial charge >= 0.3 is 0 Å². The lowest BCUT2D eigenvalue weighted by molar-refractivity contribution is -0.00259. The Hall–Kier alpha value is -1.79. The van der Waals surface area contributed by atoms with Gasteiger partial charge in [-0.2, -0.15) is 0 Å². The first-order valence-corrected chi connectivity index (χ1v) is 9.84. The molecule has 1 amide bonds. The minimum Gasteiger partial charge on any atom is -0.390 e. The van der Waals surface area contributed by atoms with Crippen LogP contribution in [-0.4, -0.2) is 27.6 Å². The number of hydrogen-bond donors (Lipinski definition) is 2. The van der Waals surface area contributed by atoms with Crippen LogP contribution in [0.3, 0.4) is 0 Å². The van der Waals surface area contributed by atoms with Crippen LogP contribution in [-0.2, 0) is 5.92 Å². The highest BCUT2D eigenvalue weighted by atomic mass is 35.5. The summed E-state index contributed by atoms with van der Waals surface area (Å²) in [5.74, 6) is -3.08. The van der Waals surface area contributed by atoms with Crippen LogP contribution in [0.1, 0.15) is 62.4 Å². The molecule has 0 bridgehead atoms. The van der Waals surface area contributed by atoms with E-state index < -0.39 is 11.5 Å². The summed E-state index contributed by atoms with van der Waals surface area (Å²) in [6.07, 6.45) is 4.72. The van der Waals surface area contributed by atoms with Gasteiger partial charge < -0.3 is 10.4 Å². The molecule has 7 heteroatoms. The van der Waals surface area contributed by atoms with Gasteiger partial charge in [-0.3, -0.25) is 9.78 Å². The maximum atomic E-state index is 13.6. The highest BCUT2D eigenvalue weighted by Crippen LogP contribution is 2.35. The van der Waals surface area contributed by atoms with Gasteiger partial charge in [0, 0.05) is 30.1 Å². The van der Waals surface area contributed by atoms with Crippen molar-refractivity contribution < 1.29 is 18.7 Å². The quantitative estimate of drug-likeness (QED) is 0.740. The van der Waals surface area contributed by atoms with E-state index in [1.54, 1.807) is 6.07 Å². The Morgan fingerprint density at radius 2 is 1.82 bits per heavy atom. The first kappa shape index (κ1) is 20.9. The summed E-state index contributed by atoms with van der Waals surface area (Å²) >= 11 is 6.00. The third-order valence-corrected chi connectivity index (χ3v) is 5.88. The number of carbonyl (C=O) groups is 1. The van der Waals surface area contributed by atoms with Gasteiger partial charge in [0.05, 0.1) is 21.7 Å². The van der Waals surface area contributed by atoms with Crippen molar-refractivity contribution in [1.29, 1.82) is 0 Å². The summed E-state index contributed by atoms with van der Waals surface area (Å²) < 4.78 is 27.2. The van der Waals surface area contributed by atoms with Crippen LogP contribution in [0.2, 0.25) is 5.02 Å². The molecule has 0 unspecified atom stereocenters. The fourth-order valence-corrected chi connectivity index (χ4v) is 4.16. The molecule has 2 N–H and O–H groups in total. The monoisotopic (exact) mass is 410 g/mol. The minimum atomic E-state index is -3.06. The van der Waals surface area contributed by atoms with E-state index in [9.17, 15) is 18.7 Å². The van der Waals surface area contributed by atoms with Crippen LogP contribution in [0.4, 0.5) is 8.78 Å². The van der Waals surface area contributed by atoms with E-state index in [1.807, 2.05) is 13.8 Å². The van der Waals surface area contributed by atoms with Gasteiger partial charge in [-0.15, -0.1) is 0 Å². The van der Waals surface area contributed by atoms with E-state index in [4.69, 9.17) is 11.6 Å². The van der Waals surface area contributed by atoms with Gasteiger partial charge in [0.2, 0.25) is 0 Å². The Morgan fingerprint density at radius 1 is 1.18 bits per heavy atom. The van der Waals surface area contributed by atoms with Crippen molar-refractivity contribution in [2.45, 2.75) is 64.0 Å². The molecule has 0 atom stereocenters. The lowest BCUT2D eigenvalue weighted by Gasteiger charge is -2.36. The van der Waals surface area contributed by atoms with Crippen molar-refractivity contribution in [1.82, 2.24) is 10.3 Å². The minimum absolute atomic E-state index is 0.0477. The molecule has 3 rings (SSSR count). The smallest absolute Gasteiger partial charge is 0.272 e. The molecule has 1 aromatic heterocycles. The van der Waals surface area contributed by atoms with Crippen LogP contribution in [0.5, 0.6) is 0 Å². The van der Waals surface area contributed by atoms with Gasteiger partial charge in [-0.25, -0.2) is 8.78 Å².